The van der Waals surface area contributed by atoms with Gasteiger partial charge in [0.1, 0.15) is 5.82 Å². The lowest BCUT2D eigenvalue weighted by molar-refractivity contribution is -0.0914. The van der Waals surface area contributed by atoms with Crippen molar-refractivity contribution in [2.45, 2.75) is 6.29 Å². The fourth-order valence-corrected chi connectivity index (χ4v) is 1.76. The van der Waals surface area contributed by atoms with E-state index in [-0.39, 0.29) is 11.0 Å². The first kappa shape index (κ1) is 13.9. The number of rotatable bonds is 5. The summed E-state index contributed by atoms with van der Waals surface area (Å²) in [5.41, 5.74) is 0.963. The van der Waals surface area contributed by atoms with Crippen LogP contribution in [0.2, 0.25) is 5.15 Å². The molecule has 1 aromatic heterocycles. The van der Waals surface area contributed by atoms with Crippen LogP contribution in [-0.2, 0) is 9.47 Å². The molecule has 7 heteroatoms. The van der Waals surface area contributed by atoms with Crippen LogP contribution in [-0.4, -0.2) is 37.0 Å². The number of nitrogens with one attached hydrogen (secondary N) is 1. The summed E-state index contributed by atoms with van der Waals surface area (Å²) < 4.78 is 23.2. The lowest BCUT2D eigenvalue weighted by atomic mass is 10.3. The van der Waals surface area contributed by atoms with Gasteiger partial charge in [0, 0.05) is 20.3 Å². The van der Waals surface area contributed by atoms with Crippen LogP contribution in [0.15, 0.2) is 18.2 Å². The van der Waals surface area contributed by atoms with Crippen LogP contribution >= 0.6 is 11.6 Å². The summed E-state index contributed by atoms with van der Waals surface area (Å²) in [6.07, 6.45) is -0.430. The minimum Gasteiger partial charge on any atom is -0.362 e. The molecule has 1 aromatic carbocycles. The number of fused-ring (bicyclic) bond motifs is 1. The minimum atomic E-state index is -0.430. The van der Waals surface area contributed by atoms with E-state index in [9.17, 15) is 4.39 Å². The highest BCUT2D eigenvalue weighted by Crippen LogP contribution is 2.21. The smallest absolute Gasteiger partial charge is 0.173 e. The Morgan fingerprint density at radius 2 is 2.00 bits per heavy atom. The molecule has 19 heavy (non-hydrogen) atoms. The molecule has 0 aliphatic rings. The molecule has 1 heterocycles. The van der Waals surface area contributed by atoms with Crippen molar-refractivity contribution in [2.75, 3.05) is 26.1 Å². The van der Waals surface area contributed by atoms with Gasteiger partial charge < -0.3 is 14.8 Å². The highest BCUT2D eigenvalue weighted by atomic mass is 35.5. The van der Waals surface area contributed by atoms with Crippen LogP contribution in [0.25, 0.3) is 11.0 Å². The van der Waals surface area contributed by atoms with E-state index >= 15 is 0 Å². The topological polar surface area (TPSA) is 56.3 Å². The van der Waals surface area contributed by atoms with Crippen molar-refractivity contribution < 1.29 is 13.9 Å². The van der Waals surface area contributed by atoms with Gasteiger partial charge >= 0.3 is 0 Å². The number of ether oxygens (including phenoxy) is 2. The maximum absolute atomic E-state index is 13.1. The van der Waals surface area contributed by atoms with Gasteiger partial charge in [-0.15, -0.1) is 0 Å². The minimum absolute atomic E-state index is 0.213. The van der Waals surface area contributed by atoms with E-state index in [1.165, 1.54) is 32.4 Å². The molecule has 0 spiro atoms. The Bertz CT molecular complexity index is 578. The summed E-state index contributed by atoms with van der Waals surface area (Å²) in [6.45, 7) is 0.349. The van der Waals surface area contributed by atoms with Gasteiger partial charge in [0.05, 0.1) is 17.6 Å². The third-order valence-electron chi connectivity index (χ3n) is 2.55. The predicted octanol–water partition coefficient (Wildman–Crippen LogP) is 2.45. The molecule has 5 nitrogen and oxygen atoms in total. The van der Waals surface area contributed by atoms with Crippen molar-refractivity contribution in [3.8, 4) is 0 Å². The molecule has 0 unspecified atom stereocenters. The molecule has 0 amide bonds. The Morgan fingerprint density at radius 1 is 1.26 bits per heavy atom. The van der Waals surface area contributed by atoms with E-state index in [2.05, 4.69) is 15.3 Å². The van der Waals surface area contributed by atoms with E-state index in [1.807, 2.05) is 0 Å². The molecule has 0 aliphatic carbocycles. The zero-order valence-electron chi connectivity index (χ0n) is 10.5. The largest absolute Gasteiger partial charge is 0.362 e. The van der Waals surface area contributed by atoms with Crippen molar-refractivity contribution in [3.63, 3.8) is 0 Å². The normalized spacial score (nSPS) is 11.2. The number of anilines is 1. The summed E-state index contributed by atoms with van der Waals surface area (Å²) in [5.74, 6) is -0.0133. The lowest BCUT2D eigenvalue weighted by Gasteiger charge is -2.15. The molecular weight excluding hydrogens is 273 g/mol. The maximum Gasteiger partial charge on any atom is 0.173 e. The number of aromatic nitrogens is 2. The van der Waals surface area contributed by atoms with E-state index in [0.717, 1.165) is 0 Å². The van der Waals surface area contributed by atoms with Crippen molar-refractivity contribution in [1.29, 1.82) is 0 Å². The van der Waals surface area contributed by atoms with E-state index in [1.54, 1.807) is 0 Å². The first-order valence-corrected chi connectivity index (χ1v) is 5.94. The number of methoxy groups -OCH3 is 2. The Hall–Kier alpha value is -1.50. The first-order valence-electron chi connectivity index (χ1n) is 5.56. The second-order valence-corrected chi connectivity index (χ2v) is 4.14. The molecule has 0 saturated carbocycles. The van der Waals surface area contributed by atoms with Crippen LogP contribution in [0.5, 0.6) is 0 Å². The number of hydrogen-bond donors (Lipinski definition) is 1. The van der Waals surface area contributed by atoms with Crippen LogP contribution < -0.4 is 5.32 Å². The second kappa shape index (κ2) is 6.10. The Labute approximate surface area is 114 Å². The van der Waals surface area contributed by atoms with E-state index in [4.69, 9.17) is 21.1 Å². The average molecular weight is 286 g/mol. The molecule has 0 atom stereocenters. The summed E-state index contributed by atoms with van der Waals surface area (Å²) >= 11 is 6.00. The van der Waals surface area contributed by atoms with Gasteiger partial charge in [-0.25, -0.2) is 14.4 Å². The molecule has 0 bridgehead atoms. The summed E-state index contributed by atoms with van der Waals surface area (Å²) in [5, 5.41) is 3.16. The SMILES string of the molecule is COC(CNc1nc2cc(F)ccc2nc1Cl)OC. The van der Waals surface area contributed by atoms with E-state index in [0.29, 0.717) is 23.4 Å². The molecule has 0 aliphatic heterocycles. The Kier molecular flexibility index (Phi) is 4.47. The highest BCUT2D eigenvalue weighted by molar-refractivity contribution is 6.32. The van der Waals surface area contributed by atoms with Gasteiger partial charge in [-0.05, 0) is 12.1 Å². The number of benzene rings is 1. The Balaban J connectivity index is 2.25. The highest BCUT2D eigenvalue weighted by Gasteiger charge is 2.10. The quantitative estimate of drug-likeness (QED) is 0.855. The standard InChI is InChI=1S/C12H13ClFN3O2/c1-18-10(19-2)6-15-12-11(13)16-8-4-3-7(14)5-9(8)17-12/h3-5,10H,6H2,1-2H3,(H,15,17). The third-order valence-corrected chi connectivity index (χ3v) is 2.81. The average Bonchev–Trinajstić information content (AvgIpc) is 2.40. The summed E-state index contributed by atoms with van der Waals surface area (Å²) in [7, 11) is 3.05. The van der Waals surface area contributed by atoms with Crippen molar-refractivity contribution in [1.82, 2.24) is 9.97 Å². The van der Waals surface area contributed by atoms with Crippen molar-refractivity contribution >= 4 is 28.5 Å². The van der Waals surface area contributed by atoms with Gasteiger partial charge in [0.25, 0.3) is 0 Å². The van der Waals surface area contributed by atoms with Crippen molar-refractivity contribution in [3.05, 3.63) is 29.2 Å². The Morgan fingerprint density at radius 3 is 2.68 bits per heavy atom. The van der Waals surface area contributed by atoms with Crippen LogP contribution in [0.4, 0.5) is 10.2 Å². The van der Waals surface area contributed by atoms with Gasteiger partial charge in [0.15, 0.2) is 17.3 Å². The summed E-state index contributed by atoms with van der Waals surface area (Å²) in [6, 6.07) is 4.14. The monoisotopic (exact) mass is 285 g/mol. The summed E-state index contributed by atoms with van der Waals surface area (Å²) in [4.78, 5) is 8.36. The zero-order chi connectivity index (χ0) is 13.8. The van der Waals surface area contributed by atoms with Gasteiger partial charge in [0.2, 0.25) is 0 Å². The molecule has 2 rings (SSSR count). The second-order valence-electron chi connectivity index (χ2n) is 3.78. The fraction of sp³-hybridized carbons (Fsp3) is 0.333. The number of halogens is 2. The van der Waals surface area contributed by atoms with Crippen LogP contribution in [0.3, 0.4) is 0 Å². The lowest BCUT2D eigenvalue weighted by Crippen LogP contribution is -2.24. The molecule has 102 valence electrons. The molecule has 1 N–H and O–H groups in total. The van der Waals surface area contributed by atoms with Gasteiger partial charge in [-0.3, -0.25) is 0 Å². The van der Waals surface area contributed by atoms with Gasteiger partial charge in [-0.1, -0.05) is 11.6 Å². The third kappa shape index (κ3) is 3.28. The first-order chi connectivity index (χ1) is 9.13. The predicted molar refractivity (Wildman–Crippen MR) is 70.8 cm³/mol. The zero-order valence-corrected chi connectivity index (χ0v) is 11.2. The molecule has 0 saturated heterocycles. The molecular formula is C12H13ClFN3O2. The molecule has 2 aromatic rings. The molecule has 0 fully saturated rings. The van der Waals surface area contributed by atoms with E-state index < -0.39 is 6.29 Å². The number of nitrogens with zero attached hydrogens (tertiary/aromatic N) is 2. The molecule has 0 radical (unpaired) electrons. The maximum atomic E-state index is 13.1. The van der Waals surface area contributed by atoms with Crippen molar-refractivity contribution in [2.24, 2.45) is 0 Å². The van der Waals surface area contributed by atoms with Gasteiger partial charge in [-0.2, -0.15) is 0 Å². The fourth-order valence-electron chi connectivity index (χ4n) is 1.56. The van der Waals surface area contributed by atoms with Crippen LogP contribution in [0.1, 0.15) is 0 Å². The number of hydrogen-bond acceptors (Lipinski definition) is 5. The van der Waals surface area contributed by atoms with Crippen LogP contribution in [0, 0.1) is 5.82 Å².